The molecular weight excluding hydrogens is 420 g/mol. The zero-order valence-electron chi connectivity index (χ0n) is 15.2. The number of aliphatic imine (C=N–C) groups is 1. The van der Waals surface area contributed by atoms with Crippen LogP contribution in [0.4, 0.5) is 11.4 Å². The van der Waals surface area contributed by atoms with E-state index in [1.807, 2.05) is 25.1 Å². The van der Waals surface area contributed by atoms with Crippen molar-refractivity contribution in [2.24, 2.45) is 4.99 Å². The number of amides is 1. The van der Waals surface area contributed by atoms with Gasteiger partial charge in [-0.15, -0.1) is 0 Å². The van der Waals surface area contributed by atoms with Gasteiger partial charge in [-0.05, 0) is 65.3 Å². The number of hydrogen-bond acceptors (Lipinski definition) is 4. The van der Waals surface area contributed by atoms with Gasteiger partial charge in [-0.2, -0.15) is 0 Å². The summed E-state index contributed by atoms with van der Waals surface area (Å²) in [6.45, 7) is 2.33. The molecule has 6 heteroatoms. The number of anilines is 1. The van der Waals surface area contributed by atoms with Crippen LogP contribution in [0.25, 0.3) is 0 Å². The molecule has 0 spiro atoms. The van der Waals surface area contributed by atoms with Gasteiger partial charge in [-0.25, -0.2) is 0 Å². The lowest BCUT2D eigenvalue weighted by atomic mass is 10.2. The molecule has 0 aromatic heterocycles. The van der Waals surface area contributed by atoms with Gasteiger partial charge in [0.1, 0.15) is 0 Å². The number of hydrogen-bond donors (Lipinski definition) is 2. The van der Waals surface area contributed by atoms with Crippen LogP contribution in [-0.4, -0.2) is 23.8 Å². The summed E-state index contributed by atoms with van der Waals surface area (Å²) in [7, 11) is 0. The third-order valence-corrected chi connectivity index (χ3v) is 4.58. The molecule has 0 saturated heterocycles. The van der Waals surface area contributed by atoms with E-state index in [4.69, 9.17) is 4.74 Å². The van der Waals surface area contributed by atoms with Crippen LogP contribution in [0.5, 0.6) is 11.5 Å². The molecule has 0 aliphatic heterocycles. The van der Waals surface area contributed by atoms with E-state index in [1.165, 1.54) is 0 Å². The number of para-hydroxylation sites is 1. The van der Waals surface area contributed by atoms with Crippen molar-refractivity contribution < 1.29 is 14.6 Å². The first-order valence-corrected chi connectivity index (χ1v) is 9.52. The first-order valence-electron chi connectivity index (χ1n) is 8.73. The third-order valence-electron chi connectivity index (χ3n) is 3.92. The van der Waals surface area contributed by atoms with E-state index in [1.54, 1.807) is 54.7 Å². The second-order valence-electron chi connectivity index (χ2n) is 5.87. The molecule has 142 valence electrons. The summed E-state index contributed by atoms with van der Waals surface area (Å²) in [4.78, 5) is 16.7. The number of aromatic hydroxyl groups is 1. The maximum absolute atomic E-state index is 12.3. The minimum atomic E-state index is -0.185. The van der Waals surface area contributed by atoms with E-state index in [0.29, 0.717) is 39.3 Å². The average Bonchev–Trinajstić information content (AvgIpc) is 2.71. The zero-order chi connectivity index (χ0) is 19.9. The quantitative estimate of drug-likeness (QED) is 0.495. The Balaban J connectivity index is 1.75. The molecule has 0 aliphatic rings. The van der Waals surface area contributed by atoms with Gasteiger partial charge < -0.3 is 15.2 Å². The Morgan fingerprint density at radius 3 is 2.64 bits per heavy atom. The molecule has 0 fully saturated rings. The van der Waals surface area contributed by atoms with Crippen LogP contribution in [0.15, 0.2) is 76.2 Å². The van der Waals surface area contributed by atoms with E-state index in [9.17, 15) is 9.90 Å². The molecule has 0 atom stereocenters. The number of phenolic OH excluding ortho intramolecular Hbond substituents is 1. The Kier molecular flexibility index (Phi) is 6.45. The van der Waals surface area contributed by atoms with Crippen molar-refractivity contribution in [3.63, 3.8) is 0 Å². The summed E-state index contributed by atoms with van der Waals surface area (Å²) < 4.78 is 6.09. The van der Waals surface area contributed by atoms with Gasteiger partial charge in [-0.1, -0.05) is 24.3 Å². The zero-order valence-corrected chi connectivity index (χ0v) is 16.8. The van der Waals surface area contributed by atoms with Crippen molar-refractivity contribution in [1.29, 1.82) is 0 Å². The number of benzene rings is 3. The fourth-order valence-electron chi connectivity index (χ4n) is 2.53. The lowest BCUT2D eigenvalue weighted by Gasteiger charge is -2.08. The average molecular weight is 439 g/mol. The number of rotatable bonds is 6. The minimum Gasteiger partial charge on any atom is -0.504 e. The van der Waals surface area contributed by atoms with Gasteiger partial charge in [0.25, 0.3) is 5.91 Å². The normalized spacial score (nSPS) is 10.8. The molecule has 3 aromatic rings. The molecule has 28 heavy (non-hydrogen) atoms. The highest BCUT2D eigenvalue weighted by atomic mass is 79.9. The SMILES string of the molecule is CCOc1cccc(C=Nc2ccc(NC(=O)c3ccccc3)c(Br)c2)c1O. The molecular formula is C22H19BrN2O3. The lowest BCUT2D eigenvalue weighted by Crippen LogP contribution is -2.11. The number of phenols is 1. The maximum Gasteiger partial charge on any atom is 0.255 e. The molecule has 3 rings (SSSR count). The van der Waals surface area contributed by atoms with Crippen molar-refractivity contribution in [3.05, 3.63) is 82.3 Å². The fourth-order valence-corrected chi connectivity index (χ4v) is 3.00. The van der Waals surface area contributed by atoms with Crippen LogP contribution >= 0.6 is 15.9 Å². The Hall–Kier alpha value is -3.12. The van der Waals surface area contributed by atoms with Gasteiger partial charge in [-0.3, -0.25) is 9.79 Å². The van der Waals surface area contributed by atoms with Crippen LogP contribution < -0.4 is 10.1 Å². The first kappa shape index (κ1) is 19.6. The number of halogens is 1. The second kappa shape index (κ2) is 9.19. The molecule has 0 bridgehead atoms. The topological polar surface area (TPSA) is 70.9 Å². The Morgan fingerprint density at radius 2 is 1.93 bits per heavy atom. The highest BCUT2D eigenvalue weighted by Gasteiger charge is 2.09. The van der Waals surface area contributed by atoms with Crippen LogP contribution in [0, 0.1) is 0 Å². The summed E-state index contributed by atoms with van der Waals surface area (Å²) in [6.07, 6.45) is 1.57. The number of ether oxygens (including phenoxy) is 1. The molecule has 0 unspecified atom stereocenters. The Bertz CT molecular complexity index is 1000. The largest absolute Gasteiger partial charge is 0.504 e. The molecule has 1 amide bonds. The highest BCUT2D eigenvalue weighted by Crippen LogP contribution is 2.30. The summed E-state index contributed by atoms with van der Waals surface area (Å²) in [5.41, 5.74) is 2.46. The van der Waals surface area contributed by atoms with Crippen LogP contribution in [0.3, 0.4) is 0 Å². The Labute approximate surface area is 171 Å². The molecule has 0 saturated carbocycles. The minimum absolute atomic E-state index is 0.0545. The van der Waals surface area contributed by atoms with E-state index in [-0.39, 0.29) is 11.7 Å². The van der Waals surface area contributed by atoms with Gasteiger partial charge in [0.15, 0.2) is 11.5 Å². The van der Waals surface area contributed by atoms with Crippen LogP contribution in [0.2, 0.25) is 0 Å². The van der Waals surface area contributed by atoms with Crippen LogP contribution in [-0.2, 0) is 0 Å². The first-order chi connectivity index (χ1) is 13.6. The van der Waals surface area contributed by atoms with Gasteiger partial charge >= 0.3 is 0 Å². The van der Waals surface area contributed by atoms with E-state index in [0.717, 1.165) is 0 Å². The number of carbonyl (C=O) groups excluding carboxylic acids is 1. The van der Waals surface area contributed by atoms with Gasteiger partial charge in [0, 0.05) is 21.8 Å². The predicted molar refractivity (Wildman–Crippen MR) is 115 cm³/mol. The number of nitrogens with zero attached hydrogens (tertiary/aromatic N) is 1. The van der Waals surface area contributed by atoms with Crippen molar-refractivity contribution in [3.8, 4) is 11.5 Å². The van der Waals surface area contributed by atoms with Gasteiger partial charge in [0.05, 0.1) is 18.0 Å². The van der Waals surface area contributed by atoms with Crippen molar-refractivity contribution in [1.82, 2.24) is 0 Å². The third kappa shape index (κ3) is 4.78. The molecule has 5 nitrogen and oxygen atoms in total. The van der Waals surface area contributed by atoms with Gasteiger partial charge in [0.2, 0.25) is 0 Å². The molecule has 0 aliphatic carbocycles. The Morgan fingerprint density at radius 1 is 1.14 bits per heavy atom. The molecule has 0 heterocycles. The lowest BCUT2D eigenvalue weighted by molar-refractivity contribution is 0.102. The fraction of sp³-hybridized carbons (Fsp3) is 0.0909. The molecule has 0 radical (unpaired) electrons. The highest BCUT2D eigenvalue weighted by molar-refractivity contribution is 9.10. The summed E-state index contributed by atoms with van der Waals surface area (Å²) in [5, 5.41) is 13.1. The van der Waals surface area contributed by atoms with E-state index >= 15 is 0 Å². The van der Waals surface area contributed by atoms with Crippen LogP contribution in [0.1, 0.15) is 22.8 Å². The summed E-state index contributed by atoms with van der Waals surface area (Å²) in [6, 6.07) is 19.6. The molecule has 3 aromatic carbocycles. The number of carbonyl (C=O) groups is 1. The molecule has 2 N–H and O–H groups in total. The predicted octanol–water partition coefficient (Wildman–Crippen LogP) is 5.56. The second-order valence-corrected chi connectivity index (χ2v) is 6.72. The smallest absolute Gasteiger partial charge is 0.255 e. The van der Waals surface area contributed by atoms with Crippen molar-refractivity contribution in [2.75, 3.05) is 11.9 Å². The van der Waals surface area contributed by atoms with Crippen molar-refractivity contribution >= 4 is 39.4 Å². The van der Waals surface area contributed by atoms with E-state index < -0.39 is 0 Å². The monoisotopic (exact) mass is 438 g/mol. The maximum atomic E-state index is 12.3. The van der Waals surface area contributed by atoms with Crippen molar-refractivity contribution in [2.45, 2.75) is 6.92 Å². The standard InChI is InChI=1S/C22H19BrN2O3/c1-2-28-20-10-6-9-16(21(20)26)14-24-17-11-12-19(18(23)13-17)25-22(27)15-7-4-3-5-8-15/h3-14,26H,2H2,1H3,(H,25,27). The van der Waals surface area contributed by atoms with E-state index in [2.05, 4.69) is 26.2 Å². The summed E-state index contributed by atoms with van der Waals surface area (Å²) in [5.74, 6) is 0.292. The summed E-state index contributed by atoms with van der Waals surface area (Å²) >= 11 is 3.46. The number of nitrogens with one attached hydrogen (secondary N) is 1.